The van der Waals surface area contributed by atoms with Gasteiger partial charge >= 0.3 is 0 Å². The SMILES string of the molecule is Cc1nc(-c2ccc(C)c(NC(=O)[C@H]3CNC[C@@H]3c3cnn(C)c3)c2)n[nH]1. The molecule has 1 saturated heterocycles. The predicted octanol–water partition coefficient (Wildman–Crippen LogP) is 1.76. The molecular weight excluding hydrogens is 342 g/mol. The number of anilines is 1. The number of aromatic amines is 1. The van der Waals surface area contributed by atoms with E-state index in [1.54, 1.807) is 4.68 Å². The van der Waals surface area contributed by atoms with Crippen molar-refractivity contribution in [1.29, 1.82) is 0 Å². The average Bonchev–Trinajstić information content (AvgIpc) is 3.37. The molecule has 0 saturated carbocycles. The molecule has 0 unspecified atom stereocenters. The molecule has 1 aromatic carbocycles. The van der Waals surface area contributed by atoms with Crippen molar-refractivity contribution in [3.63, 3.8) is 0 Å². The molecule has 1 aliphatic heterocycles. The van der Waals surface area contributed by atoms with Crippen LogP contribution in [0.4, 0.5) is 5.69 Å². The van der Waals surface area contributed by atoms with Crippen LogP contribution in [0.1, 0.15) is 22.9 Å². The summed E-state index contributed by atoms with van der Waals surface area (Å²) in [6.45, 7) is 5.27. The molecule has 1 amide bonds. The number of nitrogens with zero attached hydrogens (tertiary/aromatic N) is 4. The summed E-state index contributed by atoms with van der Waals surface area (Å²) in [4.78, 5) is 17.4. The van der Waals surface area contributed by atoms with E-state index in [-0.39, 0.29) is 17.7 Å². The maximum absolute atomic E-state index is 13.0. The van der Waals surface area contributed by atoms with E-state index in [1.807, 2.05) is 51.5 Å². The number of benzene rings is 1. The van der Waals surface area contributed by atoms with Crippen LogP contribution >= 0.6 is 0 Å². The number of amides is 1. The molecule has 0 radical (unpaired) electrons. The highest BCUT2D eigenvalue weighted by Crippen LogP contribution is 2.30. The summed E-state index contributed by atoms with van der Waals surface area (Å²) < 4.78 is 1.77. The van der Waals surface area contributed by atoms with Crippen molar-refractivity contribution >= 4 is 11.6 Å². The van der Waals surface area contributed by atoms with Gasteiger partial charge in [-0.2, -0.15) is 10.2 Å². The molecule has 3 aromatic rings. The minimum atomic E-state index is -0.136. The summed E-state index contributed by atoms with van der Waals surface area (Å²) in [7, 11) is 1.89. The fraction of sp³-hybridized carbons (Fsp3) is 0.368. The van der Waals surface area contributed by atoms with Crippen molar-refractivity contribution < 1.29 is 4.79 Å². The quantitative estimate of drug-likeness (QED) is 0.654. The molecular formula is C19H23N7O. The first-order chi connectivity index (χ1) is 13.0. The van der Waals surface area contributed by atoms with Crippen LogP contribution in [0.25, 0.3) is 11.4 Å². The zero-order valence-corrected chi connectivity index (χ0v) is 15.7. The van der Waals surface area contributed by atoms with E-state index in [0.717, 1.165) is 34.7 Å². The van der Waals surface area contributed by atoms with E-state index in [4.69, 9.17) is 0 Å². The smallest absolute Gasteiger partial charge is 0.229 e. The predicted molar refractivity (Wildman–Crippen MR) is 102 cm³/mol. The number of carbonyl (C=O) groups excluding carboxylic acids is 1. The van der Waals surface area contributed by atoms with E-state index >= 15 is 0 Å². The number of hydrogen-bond acceptors (Lipinski definition) is 5. The van der Waals surface area contributed by atoms with Gasteiger partial charge in [0.05, 0.1) is 12.1 Å². The fourth-order valence-electron chi connectivity index (χ4n) is 3.53. The van der Waals surface area contributed by atoms with Crippen LogP contribution in [0.15, 0.2) is 30.6 Å². The monoisotopic (exact) mass is 365 g/mol. The zero-order chi connectivity index (χ0) is 19.0. The lowest BCUT2D eigenvalue weighted by Gasteiger charge is -2.18. The second-order valence-corrected chi connectivity index (χ2v) is 7.08. The van der Waals surface area contributed by atoms with Crippen molar-refractivity contribution in [2.45, 2.75) is 19.8 Å². The van der Waals surface area contributed by atoms with Crippen LogP contribution in [0.3, 0.4) is 0 Å². The molecule has 140 valence electrons. The van der Waals surface area contributed by atoms with E-state index in [1.165, 1.54) is 0 Å². The zero-order valence-electron chi connectivity index (χ0n) is 15.7. The number of H-pyrrole nitrogens is 1. The molecule has 27 heavy (non-hydrogen) atoms. The minimum absolute atomic E-state index is 0.0141. The Morgan fingerprint density at radius 3 is 2.85 bits per heavy atom. The van der Waals surface area contributed by atoms with Gasteiger partial charge in [-0.25, -0.2) is 4.98 Å². The van der Waals surface area contributed by atoms with Crippen LogP contribution in [0.2, 0.25) is 0 Å². The fourth-order valence-corrected chi connectivity index (χ4v) is 3.53. The molecule has 4 rings (SSSR count). The topological polar surface area (TPSA) is 101 Å². The standard InChI is InChI=1S/C19H23N7O/c1-11-4-5-13(18-22-12(2)24-25-18)6-17(11)23-19(27)16-9-20-8-15(16)14-7-21-26(3)10-14/h4-7,10,15-16,20H,8-9H2,1-3H3,(H,23,27)(H,22,24,25)/t15-,16+/m1/s1. The average molecular weight is 365 g/mol. The van der Waals surface area contributed by atoms with Gasteiger partial charge in [0, 0.05) is 43.5 Å². The first kappa shape index (κ1) is 17.4. The summed E-state index contributed by atoms with van der Waals surface area (Å²) in [6.07, 6.45) is 3.82. The molecule has 3 heterocycles. The van der Waals surface area contributed by atoms with E-state index in [2.05, 4.69) is 30.9 Å². The first-order valence-corrected chi connectivity index (χ1v) is 9.01. The molecule has 0 spiro atoms. The third kappa shape index (κ3) is 3.48. The molecule has 2 atom stereocenters. The Morgan fingerprint density at radius 1 is 1.30 bits per heavy atom. The van der Waals surface area contributed by atoms with Gasteiger partial charge in [0.25, 0.3) is 0 Å². The Balaban J connectivity index is 1.55. The first-order valence-electron chi connectivity index (χ1n) is 9.01. The van der Waals surface area contributed by atoms with E-state index in [0.29, 0.717) is 12.4 Å². The summed E-state index contributed by atoms with van der Waals surface area (Å²) in [5, 5.41) is 17.7. The molecule has 3 N–H and O–H groups in total. The Kier molecular flexibility index (Phi) is 4.49. The van der Waals surface area contributed by atoms with Gasteiger partial charge in [-0.1, -0.05) is 12.1 Å². The Morgan fingerprint density at radius 2 is 2.15 bits per heavy atom. The lowest BCUT2D eigenvalue weighted by atomic mass is 9.90. The van der Waals surface area contributed by atoms with Crippen molar-refractivity contribution in [3.05, 3.63) is 47.5 Å². The van der Waals surface area contributed by atoms with Gasteiger partial charge in [-0.15, -0.1) is 0 Å². The summed E-state index contributed by atoms with van der Waals surface area (Å²) in [5.41, 5.74) is 3.75. The van der Waals surface area contributed by atoms with E-state index in [9.17, 15) is 4.79 Å². The van der Waals surface area contributed by atoms with Crippen LogP contribution in [-0.2, 0) is 11.8 Å². The molecule has 1 fully saturated rings. The van der Waals surface area contributed by atoms with Crippen LogP contribution in [0.5, 0.6) is 0 Å². The highest BCUT2D eigenvalue weighted by atomic mass is 16.2. The minimum Gasteiger partial charge on any atom is -0.326 e. The molecule has 1 aliphatic rings. The molecule has 8 nitrogen and oxygen atoms in total. The number of carbonyl (C=O) groups is 1. The van der Waals surface area contributed by atoms with Crippen molar-refractivity contribution in [1.82, 2.24) is 30.3 Å². The van der Waals surface area contributed by atoms with Gasteiger partial charge in [0.15, 0.2) is 5.82 Å². The Hall–Kier alpha value is -3.00. The lowest BCUT2D eigenvalue weighted by molar-refractivity contribution is -0.119. The van der Waals surface area contributed by atoms with Gasteiger partial charge in [0.2, 0.25) is 5.91 Å². The molecule has 2 aromatic heterocycles. The van der Waals surface area contributed by atoms with Gasteiger partial charge in [-0.05, 0) is 31.0 Å². The summed E-state index contributed by atoms with van der Waals surface area (Å²) in [5.74, 6) is 1.38. The molecule has 0 bridgehead atoms. The third-order valence-electron chi connectivity index (χ3n) is 5.05. The van der Waals surface area contributed by atoms with Crippen molar-refractivity contribution in [3.8, 4) is 11.4 Å². The van der Waals surface area contributed by atoms with Crippen LogP contribution in [-0.4, -0.2) is 44.0 Å². The maximum Gasteiger partial charge on any atom is 0.229 e. The summed E-state index contributed by atoms with van der Waals surface area (Å²) >= 11 is 0. The number of aromatic nitrogens is 5. The Labute approximate surface area is 157 Å². The second kappa shape index (κ2) is 6.96. The van der Waals surface area contributed by atoms with E-state index < -0.39 is 0 Å². The lowest BCUT2D eigenvalue weighted by Crippen LogP contribution is -2.28. The van der Waals surface area contributed by atoms with Crippen molar-refractivity contribution in [2.75, 3.05) is 18.4 Å². The van der Waals surface area contributed by atoms with Gasteiger partial charge < -0.3 is 10.6 Å². The third-order valence-corrected chi connectivity index (χ3v) is 5.05. The number of nitrogens with one attached hydrogen (secondary N) is 3. The van der Waals surface area contributed by atoms with Gasteiger partial charge in [-0.3, -0.25) is 14.6 Å². The number of hydrogen-bond donors (Lipinski definition) is 3. The Bertz CT molecular complexity index is 974. The molecule has 0 aliphatic carbocycles. The van der Waals surface area contributed by atoms with Crippen LogP contribution in [0, 0.1) is 19.8 Å². The maximum atomic E-state index is 13.0. The van der Waals surface area contributed by atoms with Gasteiger partial charge in [0.1, 0.15) is 5.82 Å². The highest BCUT2D eigenvalue weighted by molar-refractivity contribution is 5.95. The van der Waals surface area contributed by atoms with Crippen LogP contribution < -0.4 is 10.6 Å². The van der Waals surface area contributed by atoms with Crippen molar-refractivity contribution in [2.24, 2.45) is 13.0 Å². The highest BCUT2D eigenvalue weighted by Gasteiger charge is 2.34. The largest absolute Gasteiger partial charge is 0.326 e. The number of aryl methyl sites for hydroxylation is 3. The summed E-state index contributed by atoms with van der Waals surface area (Å²) in [6, 6.07) is 5.86. The number of rotatable bonds is 4. The second-order valence-electron chi connectivity index (χ2n) is 7.08. The normalized spacial score (nSPS) is 19.4. The molecule has 8 heteroatoms.